The molecule has 0 aliphatic rings. The lowest BCUT2D eigenvalue weighted by Crippen LogP contribution is -2.26. The average molecular weight is 366 g/mol. The van der Waals surface area contributed by atoms with Gasteiger partial charge in [-0.05, 0) is 35.4 Å². The van der Waals surface area contributed by atoms with Gasteiger partial charge in [0.25, 0.3) is 0 Å². The first-order valence-corrected chi connectivity index (χ1v) is 9.35. The molecule has 0 spiro atoms. The number of nitrogens with one attached hydrogen (secondary N) is 1. The number of para-hydroxylation sites is 1. The van der Waals surface area contributed by atoms with Crippen LogP contribution in [0.25, 0.3) is 5.65 Å². The van der Waals surface area contributed by atoms with Crippen molar-refractivity contribution >= 4 is 38.6 Å². The van der Waals surface area contributed by atoms with E-state index in [1.165, 1.54) is 17.6 Å². The maximum absolute atomic E-state index is 11.8. The van der Waals surface area contributed by atoms with Gasteiger partial charge < -0.3 is 5.32 Å². The van der Waals surface area contributed by atoms with Gasteiger partial charge in [0.1, 0.15) is 0 Å². The molecule has 0 amide bonds. The number of aromatic nitrogens is 3. The molecule has 0 atom stereocenters. The minimum atomic E-state index is -3.33. The number of pyridine rings is 1. The van der Waals surface area contributed by atoms with E-state index in [1.807, 2.05) is 24.3 Å². The minimum Gasteiger partial charge on any atom is -0.378 e. The molecular formula is C15H16ClN5O2S. The zero-order valence-corrected chi connectivity index (χ0v) is 14.7. The second-order valence-electron chi connectivity index (χ2n) is 5.28. The lowest BCUT2D eigenvalue weighted by Gasteiger charge is -2.20. The Morgan fingerprint density at radius 3 is 2.75 bits per heavy atom. The number of benzene rings is 1. The van der Waals surface area contributed by atoms with Gasteiger partial charge in [0, 0.05) is 19.8 Å². The first-order chi connectivity index (χ1) is 11.4. The van der Waals surface area contributed by atoms with Crippen LogP contribution in [0.1, 0.15) is 5.56 Å². The zero-order chi connectivity index (χ0) is 17.3. The molecule has 2 heterocycles. The molecule has 0 aliphatic carbocycles. The lowest BCUT2D eigenvalue weighted by molar-refractivity contribution is 0.600. The highest BCUT2D eigenvalue weighted by Crippen LogP contribution is 2.23. The number of sulfonamides is 1. The Hall–Kier alpha value is -2.32. The molecule has 0 bridgehead atoms. The Kier molecular flexibility index (Phi) is 4.33. The van der Waals surface area contributed by atoms with Gasteiger partial charge in [0.05, 0.1) is 17.6 Å². The minimum absolute atomic E-state index is 0.168. The second-order valence-corrected chi connectivity index (χ2v) is 7.64. The summed E-state index contributed by atoms with van der Waals surface area (Å²) < 4.78 is 26.5. The number of fused-ring (bicyclic) bond motifs is 1. The Labute approximate surface area is 144 Å². The van der Waals surface area contributed by atoms with E-state index >= 15 is 0 Å². The summed E-state index contributed by atoms with van der Waals surface area (Å²) in [6, 6.07) is 11.0. The van der Waals surface area contributed by atoms with Crippen LogP contribution in [0.3, 0.4) is 0 Å². The standard InChI is InChI=1S/C15H16ClN5O2S/c1-20(24(2,22)23)13-8-4-3-6-11(13)10-17-12-7-5-9-21-14(12)18-15(16)19-21/h3-9,17H,10H2,1-2H3. The van der Waals surface area contributed by atoms with Crippen LogP contribution in [0.5, 0.6) is 0 Å². The molecule has 0 radical (unpaired) electrons. The smallest absolute Gasteiger partial charge is 0.243 e. The third-order valence-electron chi connectivity index (χ3n) is 3.63. The van der Waals surface area contributed by atoms with Crippen molar-refractivity contribution in [3.8, 4) is 0 Å². The first kappa shape index (κ1) is 16.5. The van der Waals surface area contributed by atoms with E-state index in [1.54, 1.807) is 22.8 Å². The summed E-state index contributed by atoms with van der Waals surface area (Å²) in [5, 5.41) is 7.48. The summed E-state index contributed by atoms with van der Waals surface area (Å²) in [4.78, 5) is 4.17. The summed E-state index contributed by atoms with van der Waals surface area (Å²) in [6.45, 7) is 0.431. The Morgan fingerprint density at radius 1 is 1.25 bits per heavy atom. The van der Waals surface area contributed by atoms with E-state index < -0.39 is 10.0 Å². The van der Waals surface area contributed by atoms with Crippen molar-refractivity contribution in [1.82, 2.24) is 14.6 Å². The van der Waals surface area contributed by atoms with Crippen LogP contribution in [0, 0.1) is 0 Å². The third-order valence-corrected chi connectivity index (χ3v) is 4.99. The molecule has 9 heteroatoms. The van der Waals surface area contributed by atoms with Crippen molar-refractivity contribution in [2.75, 3.05) is 22.9 Å². The van der Waals surface area contributed by atoms with E-state index in [-0.39, 0.29) is 5.28 Å². The van der Waals surface area contributed by atoms with Gasteiger partial charge >= 0.3 is 0 Å². The van der Waals surface area contributed by atoms with Gasteiger partial charge in [-0.2, -0.15) is 4.98 Å². The summed E-state index contributed by atoms with van der Waals surface area (Å²) in [5.41, 5.74) is 2.84. The summed E-state index contributed by atoms with van der Waals surface area (Å²) >= 11 is 5.85. The molecule has 0 fully saturated rings. The van der Waals surface area contributed by atoms with Crippen LogP contribution in [0.4, 0.5) is 11.4 Å². The highest BCUT2D eigenvalue weighted by atomic mass is 35.5. The van der Waals surface area contributed by atoms with Crippen LogP contribution >= 0.6 is 11.6 Å². The molecule has 126 valence electrons. The number of hydrogen-bond donors (Lipinski definition) is 1. The molecule has 24 heavy (non-hydrogen) atoms. The van der Waals surface area contributed by atoms with E-state index in [2.05, 4.69) is 15.4 Å². The van der Waals surface area contributed by atoms with Crippen LogP contribution in [0.2, 0.25) is 5.28 Å². The zero-order valence-electron chi connectivity index (χ0n) is 13.1. The van der Waals surface area contributed by atoms with Gasteiger partial charge in [-0.25, -0.2) is 12.9 Å². The fourth-order valence-electron chi connectivity index (χ4n) is 2.35. The van der Waals surface area contributed by atoms with E-state index in [0.29, 0.717) is 17.9 Å². The second kappa shape index (κ2) is 6.29. The Balaban J connectivity index is 1.90. The monoisotopic (exact) mass is 365 g/mol. The Bertz CT molecular complexity index is 986. The number of halogens is 1. The normalized spacial score (nSPS) is 11.6. The molecule has 7 nitrogen and oxygen atoms in total. The van der Waals surface area contributed by atoms with Crippen LogP contribution in [-0.2, 0) is 16.6 Å². The van der Waals surface area contributed by atoms with Gasteiger partial charge in [-0.1, -0.05) is 18.2 Å². The van der Waals surface area contributed by atoms with Crippen molar-refractivity contribution in [2.24, 2.45) is 0 Å². The molecular weight excluding hydrogens is 350 g/mol. The van der Waals surface area contributed by atoms with E-state index in [4.69, 9.17) is 11.6 Å². The fourth-order valence-corrected chi connectivity index (χ4v) is 3.05. The molecule has 0 saturated heterocycles. The van der Waals surface area contributed by atoms with Gasteiger partial charge in [-0.15, -0.1) is 5.10 Å². The molecule has 2 aromatic heterocycles. The van der Waals surface area contributed by atoms with Crippen LogP contribution in [-0.4, -0.2) is 36.3 Å². The first-order valence-electron chi connectivity index (χ1n) is 7.13. The van der Waals surface area contributed by atoms with Gasteiger partial charge in [-0.3, -0.25) is 4.31 Å². The Morgan fingerprint density at radius 2 is 2.00 bits per heavy atom. The van der Waals surface area contributed by atoms with Crippen molar-refractivity contribution in [3.05, 3.63) is 53.4 Å². The van der Waals surface area contributed by atoms with Crippen molar-refractivity contribution in [1.29, 1.82) is 0 Å². The summed E-state index contributed by atoms with van der Waals surface area (Å²) in [6.07, 6.45) is 2.93. The molecule has 1 aromatic carbocycles. The lowest BCUT2D eigenvalue weighted by atomic mass is 10.1. The van der Waals surface area contributed by atoms with Crippen molar-refractivity contribution < 1.29 is 8.42 Å². The van der Waals surface area contributed by atoms with Crippen LogP contribution in [0.15, 0.2) is 42.6 Å². The average Bonchev–Trinajstić information content (AvgIpc) is 2.92. The van der Waals surface area contributed by atoms with E-state index in [0.717, 1.165) is 11.3 Å². The molecule has 0 aliphatic heterocycles. The SMILES string of the molecule is CN(c1ccccc1CNc1cccn2nc(Cl)nc12)S(C)(=O)=O. The van der Waals surface area contributed by atoms with Crippen molar-refractivity contribution in [2.45, 2.75) is 6.54 Å². The summed E-state index contributed by atoms with van der Waals surface area (Å²) in [7, 11) is -1.80. The molecule has 3 rings (SSSR count). The third kappa shape index (κ3) is 3.29. The maximum Gasteiger partial charge on any atom is 0.243 e. The maximum atomic E-state index is 11.8. The molecule has 0 unspecified atom stereocenters. The predicted octanol–water partition coefficient (Wildman–Crippen LogP) is 2.39. The largest absolute Gasteiger partial charge is 0.378 e. The molecule has 1 N–H and O–H groups in total. The number of nitrogens with zero attached hydrogens (tertiary/aromatic N) is 4. The summed E-state index contributed by atoms with van der Waals surface area (Å²) in [5.74, 6) is 0. The molecule has 0 saturated carbocycles. The topological polar surface area (TPSA) is 79.6 Å². The quantitative estimate of drug-likeness (QED) is 0.751. The van der Waals surface area contributed by atoms with E-state index in [9.17, 15) is 8.42 Å². The number of anilines is 2. The number of rotatable bonds is 5. The fraction of sp³-hybridized carbons (Fsp3) is 0.200. The van der Waals surface area contributed by atoms with Crippen molar-refractivity contribution in [3.63, 3.8) is 0 Å². The highest BCUT2D eigenvalue weighted by molar-refractivity contribution is 7.92. The predicted molar refractivity (Wildman–Crippen MR) is 95.0 cm³/mol. The van der Waals surface area contributed by atoms with Crippen LogP contribution < -0.4 is 9.62 Å². The number of hydrogen-bond acceptors (Lipinski definition) is 5. The van der Waals surface area contributed by atoms with Gasteiger partial charge in [0.2, 0.25) is 15.3 Å². The molecule has 3 aromatic rings. The van der Waals surface area contributed by atoms with Gasteiger partial charge in [0.15, 0.2) is 5.65 Å². The highest BCUT2D eigenvalue weighted by Gasteiger charge is 2.15.